The van der Waals surface area contributed by atoms with Crippen molar-refractivity contribution in [2.45, 2.75) is 22.9 Å². The van der Waals surface area contributed by atoms with Crippen LogP contribution in [0, 0.1) is 0 Å². The van der Waals surface area contributed by atoms with Crippen molar-refractivity contribution in [2.24, 2.45) is 5.73 Å². The molecule has 2 aromatic carbocycles. The number of carboxylic acids is 1. The van der Waals surface area contributed by atoms with Gasteiger partial charge in [0.25, 0.3) is 11.8 Å². The van der Waals surface area contributed by atoms with Crippen LogP contribution in [-0.4, -0.2) is 63.2 Å². The average Bonchev–Trinajstić information content (AvgIpc) is 2.94. The molecule has 0 radical (unpaired) electrons. The van der Waals surface area contributed by atoms with Crippen LogP contribution in [0.1, 0.15) is 0 Å². The number of aliphatic carboxylic acids is 1. The van der Waals surface area contributed by atoms with Gasteiger partial charge in [0.2, 0.25) is 5.91 Å². The van der Waals surface area contributed by atoms with E-state index in [9.17, 15) is 24.3 Å². The van der Waals surface area contributed by atoms with Crippen molar-refractivity contribution in [2.75, 3.05) is 18.1 Å². The van der Waals surface area contributed by atoms with Gasteiger partial charge in [-0.15, -0.1) is 23.5 Å². The highest BCUT2D eigenvalue weighted by atomic mass is 35.5. The highest BCUT2D eigenvalue weighted by Crippen LogP contribution is 2.40. The number of carbonyl (C=O) groups excluding carboxylic acids is 3. The third-order valence-corrected chi connectivity index (χ3v) is 9.47. The molecule has 0 saturated carbocycles. The van der Waals surface area contributed by atoms with E-state index in [1.165, 1.54) is 28.4 Å². The summed E-state index contributed by atoms with van der Waals surface area (Å²) < 4.78 is 7.31. The fraction of sp³-hybridized carbons (Fsp3) is 0.222. The number of amides is 3. The van der Waals surface area contributed by atoms with Crippen LogP contribution in [0.4, 0.5) is 0 Å². The summed E-state index contributed by atoms with van der Waals surface area (Å²) in [6, 6.07) is 11.3. The number of aromatic nitrogens is 1. The van der Waals surface area contributed by atoms with Gasteiger partial charge in [-0.1, -0.05) is 29.3 Å². The second-order valence-electron chi connectivity index (χ2n) is 9.21. The zero-order valence-electron chi connectivity index (χ0n) is 21.2. The number of benzene rings is 2. The summed E-state index contributed by atoms with van der Waals surface area (Å²) in [5, 5.41) is 14.8. The summed E-state index contributed by atoms with van der Waals surface area (Å²) >= 11 is 14.7. The summed E-state index contributed by atoms with van der Waals surface area (Å²) in [4.78, 5) is 50.9. The number of ether oxygens (including phenoxy) is 1. The lowest BCUT2D eigenvalue weighted by Gasteiger charge is -2.49. The van der Waals surface area contributed by atoms with Crippen LogP contribution in [0.2, 0.25) is 10.0 Å². The first-order valence-corrected chi connectivity index (χ1v) is 15.0. The Bertz CT molecular complexity index is 1620. The molecule has 2 aliphatic rings. The monoisotopic (exact) mass is 633 g/mol. The van der Waals surface area contributed by atoms with Crippen LogP contribution < -0.4 is 20.4 Å². The van der Waals surface area contributed by atoms with E-state index in [4.69, 9.17) is 33.7 Å². The molecular formula is C27H23Cl2N4O6S2+. The van der Waals surface area contributed by atoms with Crippen LogP contribution in [0.5, 0.6) is 5.75 Å². The van der Waals surface area contributed by atoms with E-state index in [0.29, 0.717) is 32.0 Å². The zero-order chi connectivity index (χ0) is 29.3. The normalized spacial score (nSPS) is 18.1. The molecule has 4 N–H and O–H groups in total. The number of thioether (sulfide) groups is 2. The van der Waals surface area contributed by atoms with E-state index < -0.39 is 29.2 Å². The molecule has 3 amide bonds. The molecule has 41 heavy (non-hydrogen) atoms. The smallest absolute Gasteiger partial charge is 0.352 e. The summed E-state index contributed by atoms with van der Waals surface area (Å²) in [6.07, 6.45) is 3.61. The molecule has 2 aliphatic heterocycles. The molecule has 0 unspecified atom stereocenters. The Kier molecular flexibility index (Phi) is 8.64. The maximum Gasteiger partial charge on any atom is 0.352 e. The Morgan fingerprint density at radius 2 is 2.02 bits per heavy atom. The van der Waals surface area contributed by atoms with Crippen molar-refractivity contribution in [1.82, 2.24) is 10.2 Å². The summed E-state index contributed by atoms with van der Waals surface area (Å²) in [6.45, 7) is -0.0108. The first-order chi connectivity index (χ1) is 19.6. The fourth-order valence-corrected chi connectivity index (χ4v) is 7.23. The number of nitrogens with one attached hydrogen (secondary N) is 1. The third-order valence-electron chi connectivity index (χ3n) is 6.40. The van der Waals surface area contributed by atoms with Crippen LogP contribution >= 0.6 is 46.7 Å². The third kappa shape index (κ3) is 6.25. The number of hydrogen-bond acceptors (Lipinski definition) is 7. The van der Waals surface area contributed by atoms with E-state index in [0.717, 1.165) is 10.8 Å². The average molecular weight is 635 g/mol. The maximum absolute atomic E-state index is 13.0. The molecule has 5 rings (SSSR count). The first kappa shape index (κ1) is 29.1. The number of rotatable bonds is 10. The van der Waals surface area contributed by atoms with Gasteiger partial charge in [-0.2, -0.15) is 0 Å². The van der Waals surface area contributed by atoms with E-state index >= 15 is 0 Å². The number of carbonyl (C=O) groups is 4. The number of fused-ring (bicyclic) bond motifs is 2. The second-order valence-corrected chi connectivity index (χ2v) is 12.2. The highest BCUT2D eigenvalue weighted by molar-refractivity contribution is 8.00. The van der Waals surface area contributed by atoms with Gasteiger partial charge >= 0.3 is 5.97 Å². The van der Waals surface area contributed by atoms with Gasteiger partial charge in [-0.3, -0.25) is 19.3 Å². The molecule has 14 heteroatoms. The van der Waals surface area contributed by atoms with Crippen molar-refractivity contribution < 1.29 is 33.6 Å². The molecular weight excluding hydrogens is 611 g/mol. The number of nitrogens with two attached hydrogens (primary N) is 1. The van der Waals surface area contributed by atoms with Crippen LogP contribution in [-0.2, 0) is 25.7 Å². The number of pyridine rings is 1. The number of halogens is 2. The van der Waals surface area contributed by atoms with Gasteiger partial charge in [0, 0.05) is 38.1 Å². The number of hydrogen-bond donors (Lipinski definition) is 3. The predicted molar refractivity (Wildman–Crippen MR) is 156 cm³/mol. The Balaban J connectivity index is 1.28. The second kappa shape index (κ2) is 12.2. The molecule has 1 aromatic heterocycles. The zero-order valence-corrected chi connectivity index (χ0v) is 24.4. The van der Waals surface area contributed by atoms with E-state index in [1.54, 1.807) is 42.6 Å². The van der Waals surface area contributed by atoms with Crippen LogP contribution in [0.25, 0.3) is 10.8 Å². The van der Waals surface area contributed by atoms with Gasteiger partial charge in [0.15, 0.2) is 25.5 Å². The number of nitrogens with zero attached hydrogens (tertiary/aromatic N) is 2. The fourth-order valence-electron chi connectivity index (χ4n) is 4.59. The van der Waals surface area contributed by atoms with Crippen molar-refractivity contribution in [1.29, 1.82) is 0 Å². The molecule has 0 bridgehead atoms. The topological polar surface area (TPSA) is 143 Å². The summed E-state index contributed by atoms with van der Waals surface area (Å²) in [7, 11) is 0. The highest BCUT2D eigenvalue weighted by Gasteiger charge is 2.54. The molecule has 0 aliphatic carbocycles. The minimum Gasteiger partial charge on any atom is -0.483 e. The molecule has 0 spiro atoms. The van der Waals surface area contributed by atoms with Crippen molar-refractivity contribution in [3.63, 3.8) is 0 Å². The number of carboxylic acid groups (broad SMARTS) is 1. The molecule has 10 nitrogen and oxygen atoms in total. The van der Waals surface area contributed by atoms with E-state index in [1.807, 2.05) is 16.8 Å². The first-order valence-electron chi connectivity index (χ1n) is 12.2. The Morgan fingerprint density at radius 3 is 2.78 bits per heavy atom. The molecule has 1 saturated heterocycles. The van der Waals surface area contributed by atoms with Crippen molar-refractivity contribution in [3.05, 3.63) is 76.2 Å². The maximum atomic E-state index is 13.0. The van der Waals surface area contributed by atoms with Crippen LogP contribution in [0.15, 0.2) is 71.0 Å². The molecule has 2 atom stereocenters. The number of primary amides is 1. The Hall–Kier alpha value is -3.45. The SMILES string of the molecule is NC(=O)COc1cccc2c[n+](CC3=C(C(=O)O)N4C(=O)[C@@H](NC(=O)CSc5cc(Cl)ccc5Cl)[C@H]4SC3)ccc12. The van der Waals surface area contributed by atoms with Crippen LogP contribution in [0.3, 0.4) is 0 Å². The summed E-state index contributed by atoms with van der Waals surface area (Å²) in [5.41, 5.74) is 5.67. The van der Waals surface area contributed by atoms with Gasteiger partial charge in [0.05, 0.1) is 10.8 Å². The standard InChI is InChI=1S/C27H22Cl2N4O6S2/c28-16-4-5-18(29)20(8-16)40-13-22(35)31-23-25(36)33-24(27(37)38)15(12-41-26(23)33)10-32-7-6-17-14(9-32)2-1-3-19(17)39-11-21(30)34/h1-9,23,26H,10-13H2,(H3-,30,31,34,35,37,38)/p+1/t23-,26-/m1/s1. The van der Waals surface area contributed by atoms with Crippen molar-refractivity contribution in [3.8, 4) is 5.75 Å². The minimum absolute atomic E-state index is 0.0159. The molecule has 3 aromatic rings. The van der Waals surface area contributed by atoms with E-state index in [-0.39, 0.29) is 30.5 Å². The lowest BCUT2D eigenvalue weighted by Crippen LogP contribution is -2.70. The van der Waals surface area contributed by atoms with Gasteiger partial charge in [-0.05, 0) is 30.3 Å². The Morgan fingerprint density at radius 1 is 1.22 bits per heavy atom. The van der Waals surface area contributed by atoms with E-state index in [2.05, 4.69) is 5.32 Å². The van der Waals surface area contributed by atoms with Gasteiger partial charge < -0.3 is 20.9 Å². The summed E-state index contributed by atoms with van der Waals surface area (Å²) in [5.74, 6) is -1.76. The van der Waals surface area contributed by atoms with Gasteiger partial charge in [0.1, 0.15) is 22.9 Å². The molecule has 212 valence electrons. The predicted octanol–water partition coefficient (Wildman–Crippen LogP) is 2.83. The van der Waals surface area contributed by atoms with Gasteiger partial charge in [-0.25, -0.2) is 9.36 Å². The lowest BCUT2D eigenvalue weighted by molar-refractivity contribution is -0.687. The quantitative estimate of drug-likeness (QED) is 0.176. The largest absolute Gasteiger partial charge is 0.483 e. The molecule has 3 heterocycles. The molecule has 1 fully saturated rings. The lowest BCUT2D eigenvalue weighted by atomic mass is 10.0. The minimum atomic E-state index is -1.21. The Labute approximate surface area is 252 Å². The number of β-lactam (4-membered cyclic amide) rings is 1. The van der Waals surface area contributed by atoms with Crippen molar-refractivity contribution >= 4 is 81.2 Å².